The summed E-state index contributed by atoms with van der Waals surface area (Å²) in [7, 11) is 0. The summed E-state index contributed by atoms with van der Waals surface area (Å²) in [5, 5.41) is 3.96. The van der Waals surface area contributed by atoms with Crippen molar-refractivity contribution >= 4 is 23.1 Å². The van der Waals surface area contributed by atoms with Crippen LogP contribution < -0.4 is 10.6 Å². The van der Waals surface area contributed by atoms with Crippen LogP contribution >= 0.6 is 0 Å². The van der Waals surface area contributed by atoms with Gasteiger partial charge in [-0.3, -0.25) is 14.9 Å². The molecule has 0 radical (unpaired) electrons. The van der Waals surface area contributed by atoms with E-state index in [1.54, 1.807) is 0 Å². The largest absolute Gasteiger partial charge is 0.348 e. The van der Waals surface area contributed by atoms with Gasteiger partial charge >= 0.3 is 0 Å². The lowest BCUT2D eigenvalue weighted by Gasteiger charge is -2.10. The Kier molecular flexibility index (Phi) is 3.99. The Morgan fingerprint density at radius 2 is 1.44 bits per heavy atom. The monoisotopic (exact) mass is 354 g/mol. The average Bonchev–Trinajstić information content (AvgIpc) is 2.84. The van der Waals surface area contributed by atoms with E-state index in [4.69, 9.17) is 0 Å². The summed E-state index contributed by atoms with van der Waals surface area (Å²) in [4.78, 5) is 23.8. The molecule has 2 N–H and O–H groups in total. The van der Waals surface area contributed by atoms with Crippen molar-refractivity contribution in [3.8, 4) is 0 Å². The number of carbonyl (C=O) groups is 2. The first-order valence-electron chi connectivity index (χ1n) is 6.76. The summed E-state index contributed by atoms with van der Waals surface area (Å²) in [6.45, 7) is 0. The van der Waals surface area contributed by atoms with Gasteiger partial charge in [0.05, 0.1) is 11.3 Å². The van der Waals surface area contributed by atoms with Gasteiger partial charge in [-0.25, -0.2) is 22.0 Å². The Labute approximate surface area is 137 Å². The van der Waals surface area contributed by atoms with Gasteiger partial charge in [-0.05, 0) is 18.2 Å². The van der Waals surface area contributed by atoms with Crippen LogP contribution in [-0.2, 0) is 9.59 Å². The molecule has 1 heterocycles. The van der Waals surface area contributed by atoms with E-state index < -0.39 is 63.4 Å². The molecular formula is C16H7F5N2O2. The number of carbonyl (C=O) groups excluding carboxylic acids is 2. The number of hydrogen-bond donors (Lipinski definition) is 2. The number of hydrogen-bond acceptors (Lipinski definition) is 3. The zero-order valence-electron chi connectivity index (χ0n) is 12.1. The fourth-order valence-electron chi connectivity index (χ4n) is 2.29. The summed E-state index contributed by atoms with van der Waals surface area (Å²) in [6.07, 6.45) is 0. The molecule has 1 aliphatic heterocycles. The van der Waals surface area contributed by atoms with Crippen molar-refractivity contribution in [3.05, 3.63) is 70.7 Å². The minimum Gasteiger partial charge on any atom is -0.348 e. The standard InChI is InChI=1S/C16H7F5N2O2/c17-7-3-1-2-6(11(7)19)10-14(16(25)23-15(10)24)22-9-5-4-8(18)12(20)13(9)21/h1-5H,(H2,22,23,24,25). The minimum absolute atomic E-state index is 0.547. The number of benzene rings is 2. The maximum Gasteiger partial charge on any atom is 0.275 e. The molecule has 0 fully saturated rings. The Balaban J connectivity index is 2.15. The molecule has 0 spiro atoms. The van der Waals surface area contributed by atoms with E-state index in [-0.39, 0.29) is 0 Å². The van der Waals surface area contributed by atoms with Crippen molar-refractivity contribution in [2.45, 2.75) is 0 Å². The summed E-state index contributed by atoms with van der Waals surface area (Å²) >= 11 is 0. The van der Waals surface area contributed by atoms with Gasteiger partial charge in [0.2, 0.25) is 0 Å². The summed E-state index contributed by atoms with van der Waals surface area (Å²) in [5.41, 5.74) is -2.42. The molecule has 128 valence electrons. The van der Waals surface area contributed by atoms with Gasteiger partial charge in [0.1, 0.15) is 5.70 Å². The van der Waals surface area contributed by atoms with Crippen LogP contribution in [-0.4, -0.2) is 11.8 Å². The highest BCUT2D eigenvalue weighted by atomic mass is 19.2. The van der Waals surface area contributed by atoms with Crippen LogP contribution in [0.3, 0.4) is 0 Å². The molecule has 2 amide bonds. The van der Waals surface area contributed by atoms with Crippen molar-refractivity contribution in [1.29, 1.82) is 0 Å². The highest BCUT2D eigenvalue weighted by Crippen LogP contribution is 2.29. The first-order valence-corrected chi connectivity index (χ1v) is 6.76. The van der Waals surface area contributed by atoms with Crippen molar-refractivity contribution in [2.75, 3.05) is 5.32 Å². The first-order chi connectivity index (χ1) is 11.8. The van der Waals surface area contributed by atoms with Crippen LogP contribution in [0.4, 0.5) is 27.6 Å². The molecule has 0 aromatic heterocycles. The average molecular weight is 354 g/mol. The molecule has 4 nitrogen and oxygen atoms in total. The lowest BCUT2D eigenvalue weighted by atomic mass is 10.0. The number of anilines is 1. The number of amides is 2. The van der Waals surface area contributed by atoms with E-state index in [2.05, 4.69) is 5.32 Å². The molecular weight excluding hydrogens is 347 g/mol. The van der Waals surface area contributed by atoms with Gasteiger partial charge < -0.3 is 5.32 Å². The SMILES string of the molecule is O=C1NC(=O)C(c2cccc(F)c2F)=C1Nc1ccc(F)c(F)c1F. The number of nitrogens with one attached hydrogen (secondary N) is 2. The van der Waals surface area contributed by atoms with Gasteiger partial charge in [-0.15, -0.1) is 0 Å². The minimum atomic E-state index is -1.80. The Hall–Kier alpha value is -3.23. The van der Waals surface area contributed by atoms with Crippen LogP contribution in [0.5, 0.6) is 0 Å². The maximum atomic E-state index is 14.0. The second kappa shape index (κ2) is 6.00. The number of rotatable bonds is 3. The molecule has 25 heavy (non-hydrogen) atoms. The van der Waals surface area contributed by atoms with Gasteiger partial charge in [-0.1, -0.05) is 12.1 Å². The first kappa shape index (κ1) is 16.6. The summed E-state index contributed by atoms with van der Waals surface area (Å²) < 4.78 is 67.4. The normalized spacial score (nSPS) is 14.1. The Morgan fingerprint density at radius 1 is 0.760 bits per heavy atom. The van der Waals surface area contributed by atoms with Crippen LogP contribution in [0.2, 0.25) is 0 Å². The molecule has 0 saturated heterocycles. The molecule has 0 saturated carbocycles. The lowest BCUT2D eigenvalue weighted by Crippen LogP contribution is -2.24. The molecule has 9 heteroatoms. The van der Waals surface area contributed by atoms with E-state index in [1.165, 1.54) is 0 Å². The fourth-order valence-corrected chi connectivity index (χ4v) is 2.29. The highest BCUT2D eigenvalue weighted by Gasteiger charge is 2.34. The van der Waals surface area contributed by atoms with Crippen LogP contribution in [0.25, 0.3) is 5.57 Å². The van der Waals surface area contributed by atoms with E-state index in [0.717, 1.165) is 24.3 Å². The molecule has 3 rings (SSSR count). The number of halogens is 5. The molecule has 0 bridgehead atoms. The van der Waals surface area contributed by atoms with Crippen LogP contribution in [0.15, 0.2) is 36.0 Å². The second-order valence-corrected chi connectivity index (χ2v) is 4.98. The van der Waals surface area contributed by atoms with Crippen LogP contribution in [0, 0.1) is 29.1 Å². The van der Waals surface area contributed by atoms with Crippen molar-refractivity contribution in [2.24, 2.45) is 0 Å². The molecule has 0 aliphatic carbocycles. The zero-order chi connectivity index (χ0) is 18.3. The van der Waals surface area contributed by atoms with Crippen molar-refractivity contribution in [3.63, 3.8) is 0 Å². The summed E-state index contributed by atoms with van der Waals surface area (Å²) in [6, 6.07) is 4.33. The third kappa shape index (κ3) is 2.73. The third-order valence-electron chi connectivity index (χ3n) is 3.45. The molecule has 0 atom stereocenters. The van der Waals surface area contributed by atoms with E-state index >= 15 is 0 Å². The second-order valence-electron chi connectivity index (χ2n) is 4.98. The Bertz CT molecular complexity index is 956. The highest BCUT2D eigenvalue weighted by molar-refractivity contribution is 6.36. The van der Waals surface area contributed by atoms with Gasteiger partial charge in [0.25, 0.3) is 11.8 Å². The molecule has 2 aromatic rings. The third-order valence-corrected chi connectivity index (χ3v) is 3.45. The van der Waals surface area contributed by atoms with Crippen molar-refractivity contribution in [1.82, 2.24) is 5.32 Å². The molecule has 0 unspecified atom stereocenters. The van der Waals surface area contributed by atoms with E-state index in [9.17, 15) is 31.5 Å². The fraction of sp³-hybridized carbons (Fsp3) is 0. The van der Waals surface area contributed by atoms with Crippen LogP contribution in [0.1, 0.15) is 5.56 Å². The van der Waals surface area contributed by atoms with E-state index in [1.807, 2.05) is 5.32 Å². The van der Waals surface area contributed by atoms with Crippen molar-refractivity contribution < 1.29 is 31.5 Å². The zero-order valence-corrected chi connectivity index (χ0v) is 12.1. The predicted octanol–water partition coefficient (Wildman–Crippen LogP) is 2.86. The predicted molar refractivity (Wildman–Crippen MR) is 76.4 cm³/mol. The van der Waals surface area contributed by atoms with E-state index in [0.29, 0.717) is 6.07 Å². The topological polar surface area (TPSA) is 58.2 Å². The maximum absolute atomic E-state index is 14.0. The smallest absolute Gasteiger partial charge is 0.275 e. The summed E-state index contributed by atoms with van der Waals surface area (Å²) in [5.74, 6) is -9.68. The lowest BCUT2D eigenvalue weighted by molar-refractivity contribution is -0.123. The Morgan fingerprint density at radius 3 is 2.16 bits per heavy atom. The van der Waals surface area contributed by atoms with Gasteiger partial charge in [0, 0.05) is 5.56 Å². The molecule has 1 aliphatic rings. The number of imide groups is 1. The van der Waals surface area contributed by atoms with Gasteiger partial charge in [0.15, 0.2) is 29.1 Å². The van der Waals surface area contributed by atoms with Gasteiger partial charge in [-0.2, -0.15) is 0 Å². The molecule has 2 aromatic carbocycles. The quantitative estimate of drug-likeness (QED) is 0.506.